The molecule has 1 amide bonds. The van der Waals surface area contributed by atoms with Crippen LogP contribution in [0.3, 0.4) is 0 Å². The van der Waals surface area contributed by atoms with Gasteiger partial charge in [-0.25, -0.2) is 4.98 Å². The largest absolute Gasteiger partial charge is 0.368 e. The normalized spacial score (nSPS) is 9.69. The topological polar surface area (TPSA) is 80.9 Å². The molecule has 0 aliphatic heterocycles. The maximum absolute atomic E-state index is 10.4. The fraction of sp³-hybridized carbons (Fsp3) is 0.375. The molecule has 0 aliphatic carbocycles. The molecule has 0 atom stereocenters. The fourth-order valence-electron chi connectivity index (χ4n) is 0.805. The van der Waals surface area contributed by atoms with Crippen LogP contribution in [0, 0.1) is 13.8 Å². The van der Waals surface area contributed by atoms with Gasteiger partial charge in [0.05, 0.1) is 24.1 Å². The van der Waals surface area contributed by atoms with E-state index in [0.29, 0.717) is 5.82 Å². The molecule has 3 N–H and O–H groups in total. The molecule has 70 valence electrons. The summed E-state index contributed by atoms with van der Waals surface area (Å²) >= 11 is 0. The fourth-order valence-corrected chi connectivity index (χ4v) is 0.805. The smallest absolute Gasteiger partial charge is 0.236 e. The van der Waals surface area contributed by atoms with Crippen LogP contribution in [0.25, 0.3) is 0 Å². The van der Waals surface area contributed by atoms with Crippen LogP contribution in [-0.2, 0) is 4.79 Å². The second-order valence-electron chi connectivity index (χ2n) is 2.75. The van der Waals surface area contributed by atoms with Gasteiger partial charge in [0.1, 0.15) is 5.82 Å². The molecule has 5 nitrogen and oxygen atoms in total. The number of aryl methyl sites for hydroxylation is 2. The van der Waals surface area contributed by atoms with Crippen LogP contribution in [0.5, 0.6) is 0 Å². The molecule has 0 saturated carbocycles. The zero-order valence-electron chi connectivity index (χ0n) is 7.66. The van der Waals surface area contributed by atoms with Crippen molar-refractivity contribution < 1.29 is 4.79 Å². The van der Waals surface area contributed by atoms with Crippen molar-refractivity contribution in [1.29, 1.82) is 0 Å². The van der Waals surface area contributed by atoms with E-state index in [-0.39, 0.29) is 6.54 Å². The third-order valence-corrected chi connectivity index (χ3v) is 1.64. The molecule has 0 fully saturated rings. The first-order chi connectivity index (χ1) is 6.09. The van der Waals surface area contributed by atoms with Gasteiger partial charge in [0.15, 0.2) is 0 Å². The Morgan fingerprint density at radius 3 is 2.77 bits per heavy atom. The molecule has 1 heterocycles. The molecule has 0 bridgehead atoms. The minimum atomic E-state index is -0.417. The van der Waals surface area contributed by atoms with Gasteiger partial charge in [-0.1, -0.05) is 0 Å². The predicted molar refractivity (Wildman–Crippen MR) is 49.2 cm³/mol. The van der Waals surface area contributed by atoms with E-state index in [9.17, 15) is 4.79 Å². The van der Waals surface area contributed by atoms with Crippen LogP contribution in [-0.4, -0.2) is 22.4 Å². The highest BCUT2D eigenvalue weighted by atomic mass is 16.1. The summed E-state index contributed by atoms with van der Waals surface area (Å²) < 4.78 is 0. The van der Waals surface area contributed by atoms with Crippen molar-refractivity contribution in [3.8, 4) is 0 Å². The maximum Gasteiger partial charge on any atom is 0.236 e. The van der Waals surface area contributed by atoms with Gasteiger partial charge >= 0.3 is 0 Å². The molecular formula is C8H12N4O. The highest BCUT2D eigenvalue weighted by Crippen LogP contribution is 2.04. The Kier molecular flexibility index (Phi) is 2.79. The standard InChI is InChI=1S/C8H12N4O/c1-5-6(2)12-8(4-10-5)11-3-7(9)13/h4H,3H2,1-2H3,(H2,9,13)(H,11,12). The molecule has 0 aromatic carbocycles. The first-order valence-electron chi connectivity index (χ1n) is 3.92. The monoisotopic (exact) mass is 180 g/mol. The lowest BCUT2D eigenvalue weighted by Gasteiger charge is -2.04. The summed E-state index contributed by atoms with van der Waals surface area (Å²) in [7, 11) is 0. The SMILES string of the molecule is Cc1ncc(NCC(N)=O)nc1C. The second kappa shape index (κ2) is 3.84. The predicted octanol–water partition coefficient (Wildman–Crippen LogP) is -0.00936. The highest BCUT2D eigenvalue weighted by Gasteiger charge is 1.99. The van der Waals surface area contributed by atoms with Gasteiger partial charge in [-0.15, -0.1) is 0 Å². The van der Waals surface area contributed by atoms with E-state index >= 15 is 0 Å². The molecule has 0 radical (unpaired) electrons. The number of primary amides is 1. The molecule has 1 aromatic rings. The molecule has 0 aliphatic rings. The summed E-state index contributed by atoms with van der Waals surface area (Å²) in [5.74, 6) is 0.155. The summed E-state index contributed by atoms with van der Waals surface area (Å²) in [4.78, 5) is 18.7. The third-order valence-electron chi connectivity index (χ3n) is 1.64. The number of nitrogens with two attached hydrogens (primary N) is 1. The van der Waals surface area contributed by atoms with E-state index in [0.717, 1.165) is 11.4 Å². The molecular weight excluding hydrogens is 168 g/mol. The molecule has 13 heavy (non-hydrogen) atoms. The van der Waals surface area contributed by atoms with Gasteiger partial charge < -0.3 is 11.1 Å². The van der Waals surface area contributed by atoms with E-state index in [2.05, 4.69) is 15.3 Å². The Bertz CT molecular complexity index is 324. The molecule has 0 unspecified atom stereocenters. The average Bonchev–Trinajstić information content (AvgIpc) is 2.07. The molecule has 0 saturated heterocycles. The number of hydrogen-bond acceptors (Lipinski definition) is 4. The van der Waals surface area contributed by atoms with Crippen molar-refractivity contribution in [2.24, 2.45) is 5.73 Å². The lowest BCUT2D eigenvalue weighted by molar-refractivity contribution is -0.116. The van der Waals surface area contributed by atoms with Gasteiger partial charge in [-0.3, -0.25) is 9.78 Å². The summed E-state index contributed by atoms with van der Waals surface area (Å²) in [6.45, 7) is 3.81. The molecule has 1 aromatic heterocycles. The van der Waals surface area contributed by atoms with Gasteiger partial charge in [-0.2, -0.15) is 0 Å². The Labute approximate surface area is 76.4 Å². The summed E-state index contributed by atoms with van der Waals surface area (Å²) in [6, 6.07) is 0. The van der Waals surface area contributed by atoms with Gasteiger partial charge in [-0.05, 0) is 13.8 Å². The first kappa shape index (κ1) is 9.44. The lowest BCUT2D eigenvalue weighted by atomic mass is 10.3. The Morgan fingerprint density at radius 1 is 1.54 bits per heavy atom. The minimum Gasteiger partial charge on any atom is -0.368 e. The van der Waals surface area contributed by atoms with Crippen molar-refractivity contribution in [2.45, 2.75) is 13.8 Å². The van der Waals surface area contributed by atoms with Crippen LogP contribution in [0.2, 0.25) is 0 Å². The molecule has 0 spiro atoms. The van der Waals surface area contributed by atoms with Crippen LogP contribution in [0.1, 0.15) is 11.4 Å². The summed E-state index contributed by atoms with van der Waals surface area (Å²) in [6.07, 6.45) is 1.57. The molecule has 1 rings (SSSR count). The van der Waals surface area contributed by atoms with E-state index in [1.54, 1.807) is 6.20 Å². The number of nitrogens with one attached hydrogen (secondary N) is 1. The number of carbonyl (C=O) groups is 1. The number of hydrogen-bond donors (Lipinski definition) is 2. The van der Waals surface area contributed by atoms with E-state index in [4.69, 9.17) is 5.73 Å². The first-order valence-corrected chi connectivity index (χ1v) is 3.92. The van der Waals surface area contributed by atoms with Gasteiger partial charge in [0.25, 0.3) is 0 Å². The number of carbonyl (C=O) groups excluding carboxylic acids is 1. The maximum atomic E-state index is 10.4. The van der Waals surface area contributed by atoms with Crippen LogP contribution in [0.4, 0.5) is 5.82 Å². The number of rotatable bonds is 3. The molecule has 5 heteroatoms. The van der Waals surface area contributed by atoms with E-state index < -0.39 is 5.91 Å². The van der Waals surface area contributed by atoms with E-state index in [1.807, 2.05) is 13.8 Å². The van der Waals surface area contributed by atoms with Crippen LogP contribution >= 0.6 is 0 Å². The second-order valence-corrected chi connectivity index (χ2v) is 2.75. The van der Waals surface area contributed by atoms with Gasteiger partial charge in [0.2, 0.25) is 5.91 Å². The van der Waals surface area contributed by atoms with Crippen LogP contribution in [0.15, 0.2) is 6.20 Å². The van der Waals surface area contributed by atoms with Crippen molar-refractivity contribution in [2.75, 3.05) is 11.9 Å². The van der Waals surface area contributed by atoms with Crippen molar-refractivity contribution >= 4 is 11.7 Å². The number of aromatic nitrogens is 2. The highest BCUT2D eigenvalue weighted by molar-refractivity contribution is 5.78. The van der Waals surface area contributed by atoms with Crippen LogP contribution < -0.4 is 11.1 Å². The lowest BCUT2D eigenvalue weighted by Crippen LogP contribution is -2.22. The number of amides is 1. The van der Waals surface area contributed by atoms with Crippen molar-refractivity contribution in [3.63, 3.8) is 0 Å². The number of nitrogens with zero attached hydrogens (tertiary/aromatic N) is 2. The van der Waals surface area contributed by atoms with E-state index in [1.165, 1.54) is 0 Å². The Balaban J connectivity index is 2.68. The minimum absolute atomic E-state index is 0.0805. The zero-order chi connectivity index (χ0) is 9.84. The van der Waals surface area contributed by atoms with Gasteiger partial charge in [0, 0.05) is 0 Å². The zero-order valence-corrected chi connectivity index (χ0v) is 7.66. The summed E-state index contributed by atoms with van der Waals surface area (Å²) in [5.41, 5.74) is 6.68. The number of anilines is 1. The third kappa shape index (κ3) is 2.70. The quantitative estimate of drug-likeness (QED) is 0.685. The Morgan fingerprint density at radius 2 is 2.23 bits per heavy atom. The van der Waals surface area contributed by atoms with Crippen molar-refractivity contribution in [1.82, 2.24) is 9.97 Å². The Hall–Kier alpha value is -1.65. The average molecular weight is 180 g/mol. The van der Waals surface area contributed by atoms with Crippen molar-refractivity contribution in [3.05, 3.63) is 17.6 Å². The summed E-state index contributed by atoms with van der Waals surface area (Å²) in [5, 5.41) is 2.76.